The van der Waals surface area contributed by atoms with Gasteiger partial charge in [0.15, 0.2) is 0 Å². The molecular weight excluding hydrogens is 254 g/mol. The second kappa shape index (κ2) is 6.52. The fourth-order valence-corrected chi connectivity index (χ4v) is 4.36. The van der Waals surface area contributed by atoms with Crippen molar-refractivity contribution >= 4 is 0 Å². The number of nitrogens with one attached hydrogen (secondary N) is 1. The van der Waals surface area contributed by atoms with Crippen molar-refractivity contribution in [1.82, 2.24) is 5.32 Å². The van der Waals surface area contributed by atoms with Gasteiger partial charge in [0.25, 0.3) is 0 Å². The Labute approximate surface area is 130 Å². The number of hydrogen-bond acceptors (Lipinski definition) is 1. The van der Waals surface area contributed by atoms with E-state index in [-0.39, 0.29) is 0 Å². The summed E-state index contributed by atoms with van der Waals surface area (Å²) in [5, 5.41) is 3.86. The van der Waals surface area contributed by atoms with Gasteiger partial charge in [-0.3, -0.25) is 0 Å². The maximum absolute atomic E-state index is 3.86. The molecule has 1 heteroatoms. The molecule has 0 amide bonds. The van der Waals surface area contributed by atoms with Gasteiger partial charge in [-0.2, -0.15) is 0 Å². The number of fused-ring (bicyclic) bond motifs is 1. The molecule has 21 heavy (non-hydrogen) atoms. The Bertz CT molecular complexity index is 463. The highest BCUT2D eigenvalue weighted by molar-refractivity contribution is 5.37. The number of rotatable bonds is 7. The van der Waals surface area contributed by atoms with E-state index in [0.29, 0.717) is 5.41 Å². The summed E-state index contributed by atoms with van der Waals surface area (Å²) in [6, 6.07) is 10.1. The molecule has 0 spiro atoms. The first-order chi connectivity index (χ1) is 10.2. The highest BCUT2D eigenvalue weighted by Gasteiger charge is 2.38. The lowest BCUT2D eigenvalue weighted by atomic mass is 9.65. The summed E-state index contributed by atoms with van der Waals surface area (Å²) in [6.45, 7) is 5.97. The Morgan fingerprint density at radius 3 is 2.86 bits per heavy atom. The highest BCUT2D eigenvalue weighted by atomic mass is 15.0. The van der Waals surface area contributed by atoms with Crippen LogP contribution in [0.5, 0.6) is 0 Å². The van der Waals surface area contributed by atoms with Gasteiger partial charge < -0.3 is 5.32 Å². The summed E-state index contributed by atoms with van der Waals surface area (Å²) in [5.74, 6) is 0.835. The van der Waals surface area contributed by atoms with Crippen molar-refractivity contribution in [3.05, 3.63) is 35.4 Å². The molecular formula is C20H31N. The molecule has 1 saturated carbocycles. The molecule has 3 rings (SSSR count). The summed E-state index contributed by atoms with van der Waals surface area (Å²) in [4.78, 5) is 0. The summed E-state index contributed by atoms with van der Waals surface area (Å²) in [6.07, 6.45) is 10.8. The first kappa shape index (κ1) is 15.1. The Balaban J connectivity index is 1.84. The van der Waals surface area contributed by atoms with Crippen LogP contribution in [0.2, 0.25) is 0 Å². The van der Waals surface area contributed by atoms with Gasteiger partial charge in [-0.05, 0) is 55.6 Å². The minimum absolute atomic E-state index is 0.395. The summed E-state index contributed by atoms with van der Waals surface area (Å²) in [5.41, 5.74) is 3.67. The summed E-state index contributed by atoms with van der Waals surface area (Å²) >= 11 is 0. The summed E-state index contributed by atoms with van der Waals surface area (Å²) in [7, 11) is 0. The van der Waals surface area contributed by atoms with E-state index in [0.717, 1.165) is 12.0 Å². The molecule has 0 saturated heterocycles. The van der Waals surface area contributed by atoms with Gasteiger partial charge in [0.2, 0.25) is 0 Å². The fourth-order valence-electron chi connectivity index (χ4n) is 4.36. The Hall–Kier alpha value is -0.820. The van der Waals surface area contributed by atoms with E-state index in [2.05, 4.69) is 43.4 Å². The molecule has 2 aliphatic rings. The second-order valence-electron chi connectivity index (χ2n) is 7.54. The molecule has 116 valence electrons. The number of benzene rings is 1. The van der Waals surface area contributed by atoms with Crippen LogP contribution < -0.4 is 5.32 Å². The van der Waals surface area contributed by atoms with Crippen LogP contribution in [0.3, 0.4) is 0 Å². The smallest absolute Gasteiger partial charge is 0.00832 e. The molecule has 2 aliphatic carbocycles. The zero-order valence-corrected chi connectivity index (χ0v) is 13.8. The quantitative estimate of drug-likeness (QED) is 0.756. The molecule has 0 heterocycles. The van der Waals surface area contributed by atoms with Crippen molar-refractivity contribution in [3.8, 4) is 0 Å². The van der Waals surface area contributed by atoms with Crippen molar-refractivity contribution in [2.24, 2.45) is 5.92 Å². The highest BCUT2D eigenvalue weighted by Crippen LogP contribution is 2.42. The van der Waals surface area contributed by atoms with E-state index in [4.69, 9.17) is 0 Å². The first-order valence-electron chi connectivity index (χ1n) is 9.05. The van der Waals surface area contributed by atoms with Gasteiger partial charge in [-0.1, -0.05) is 51.0 Å². The molecule has 0 aliphatic heterocycles. The third kappa shape index (κ3) is 3.51. The lowest BCUT2D eigenvalue weighted by Gasteiger charge is -2.41. The van der Waals surface area contributed by atoms with Gasteiger partial charge in [-0.25, -0.2) is 0 Å². The van der Waals surface area contributed by atoms with E-state index in [1.165, 1.54) is 57.9 Å². The normalized spacial score (nSPS) is 26.4. The topological polar surface area (TPSA) is 12.0 Å². The third-order valence-electron chi connectivity index (χ3n) is 5.52. The molecule has 1 aromatic carbocycles. The minimum atomic E-state index is 0.395. The molecule has 2 unspecified atom stereocenters. The Morgan fingerprint density at radius 1 is 1.29 bits per heavy atom. The number of hydrogen-bond donors (Lipinski definition) is 1. The van der Waals surface area contributed by atoms with Gasteiger partial charge >= 0.3 is 0 Å². The van der Waals surface area contributed by atoms with Gasteiger partial charge in [0, 0.05) is 18.0 Å². The predicted octanol–water partition coefficient (Wildman–Crippen LogP) is 4.84. The van der Waals surface area contributed by atoms with Crippen LogP contribution in [0.4, 0.5) is 0 Å². The maximum atomic E-state index is 3.86. The molecule has 1 fully saturated rings. The predicted molar refractivity (Wildman–Crippen MR) is 90.8 cm³/mol. The van der Waals surface area contributed by atoms with Crippen LogP contribution in [0.15, 0.2) is 24.3 Å². The van der Waals surface area contributed by atoms with Crippen molar-refractivity contribution in [3.63, 3.8) is 0 Å². The molecule has 0 radical (unpaired) electrons. The van der Waals surface area contributed by atoms with Crippen molar-refractivity contribution in [2.75, 3.05) is 6.54 Å². The minimum Gasteiger partial charge on any atom is -0.313 e. The third-order valence-corrected chi connectivity index (χ3v) is 5.52. The first-order valence-corrected chi connectivity index (χ1v) is 9.05. The average Bonchev–Trinajstić information content (AvgIpc) is 3.30. The molecule has 2 atom stereocenters. The maximum Gasteiger partial charge on any atom is 0.00832 e. The standard InChI is InChI=1S/C20H31N/c1-3-7-16(2)14-20(15-21-18-11-12-18)13-6-9-17-8-4-5-10-19(17)20/h4-5,8,10,16,18,21H,3,6-7,9,11-15H2,1-2H3. The van der Waals surface area contributed by atoms with Crippen LogP contribution in [0, 0.1) is 5.92 Å². The van der Waals surface area contributed by atoms with Gasteiger partial charge in [-0.15, -0.1) is 0 Å². The van der Waals surface area contributed by atoms with Crippen LogP contribution in [-0.2, 0) is 11.8 Å². The Morgan fingerprint density at radius 2 is 2.10 bits per heavy atom. The van der Waals surface area contributed by atoms with Crippen molar-refractivity contribution < 1.29 is 0 Å². The summed E-state index contributed by atoms with van der Waals surface area (Å²) < 4.78 is 0. The average molecular weight is 285 g/mol. The Kier molecular flexibility index (Phi) is 4.69. The molecule has 0 bridgehead atoms. The molecule has 1 nitrogen and oxygen atoms in total. The van der Waals surface area contributed by atoms with E-state index >= 15 is 0 Å². The zero-order chi connectivity index (χ0) is 14.7. The van der Waals surface area contributed by atoms with Crippen molar-refractivity contribution in [2.45, 2.75) is 76.7 Å². The molecule has 1 aromatic rings. The zero-order valence-electron chi connectivity index (χ0n) is 13.8. The lowest BCUT2D eigenvalue weighted by Crippen LogP contribution is -2.43. The molecule has 0 aromatic heterocycles. The van der Waals surface area contributed by atoms with E-state index < -0.39 is 0 Å². The monoisotopic (exact) mass is 285 g/mol. The van der Waals surface area contributed by atoms with E-state index in [1.807, 2.05) is 0 Å². The molecule has 1 N–H and O–H groups in total. The van der Waals surface area contributed by atoms with Crippen LogP contribution in [-0.4, -0.2) is 12.6 Å². The largest absolute Gasteiger partial charge is 0.313 e. The SMILES string of the molecule is CCCC(C)CC1(CNC2CC2)CCCc2ccccc21. The van der Waals surface area contributed by atoms with Crippen molar-refractivity contribution in [1.29, 1.82) is 0 Å². The number of aryl methyl sites for hydroxylation is 1. The van der Waals surface area contributed by atoms with Crippen LogP contribution >= 0.6 is 0 Å². The van der Waals surface area contributed by atoms with Crippen LogP contribution in [0.1, 0.15) is 69.9 Å². The van der Waals surface area contributed by atoms with Crippen LogP contribution in [0.25, 0.3) is 0 Å². The lowest BCUT2D eigenvalue weighted by molar-refractivity contribution is 0.264. The second-order valence-corrected chi connectivity index (χ2v) is 7.54. The van der Waals surface area contributed by atoms with Gasteiger partial charge in [0.05, 0.1) is 0 Å². The fraction of sp³-hybridized carbons (Fsp3) is 0.700. The van der Waals surface area contributed by atoms with Gasteiger partial charge in [0.1, 0.15) is 0 Å². The van der Waals surface area contributed by atoms with E-state index in [1.54, 1.807) is 11.1 Å². The van der Waals surface area contributed by atoms with E-state index in [9.17, 15) is 0 Å².